The summed E-state index contributed by atoms with van der Waals surface area (Å²) in [4.78, 5) is 16.2. The molecule has 6 nitrogen and oxygen atoms in total. The molecule has 1 saturated carbocycles. The lowest BCUT2D eigenvalue weighted by Gasteiger charge is -2.36. The molecule has 2 aliphatic rings. The average Bonchev–Trinajstić information content (AvgIpc) is 3.52. The number of alkyl halides is 3. The fourth-order valence-corrected chi connectivity index (χ4v) is 3.17. The molecule has 0 aromatic carbocycles. The predicted octanol–water partition coefficient (Wildman–Crippen LogP) is 2.97. The average molecular weight is 374 g/mol. The number of anilines is 2. The summed E-state index contributed by atoms with van der Waals surface area (Å²) >= 11 is 0. The third-order valence-electron chi connectivity index (χ3n) is 4.77. The van der Waals surface area contributed by atoms with E-state index in [0.29, 0.717) is 49.2 Å². The zero-order valence-electron chi connectivity index (χ0n) is 14.4. The van der Waals surface area contributed by atoms with Gasteiger partial charge < -0.3 is 9.80 Å². The summed E-state index contributed by atoms with van der Waals surface area (Å²) in [5.74, 6) is 1.26. The molecular weight excluding hydrogens is 357 g/mol. The molecule has 0 radical (unpaired) electrons. The van der Waals surface area contributed by atoms with E-state index in [0.717, 1.165) is 18.9 Å². The molecule has 0 amide bonds. The van der Waals surface area contributed by atoms with Crippen molar-refractivity contribution in [1.29, 1.82) is 5.26 Å². The number of nitrogens with zero attached hydrogens (tertiary/aromatic N) is 6. The maximum absolute atomic E-state index is 13.2. The first-order valence-corrected chi connectivity index (χ1v) is 8.77. The first-order chi connectivity index (χ1) is 13.0. The topological polar surface area (TPSA) is 68.9 Å². The van der Waals surface area contributed by atoms with Crippen LogP contribution in [0, 0.1) is 11.3 Å². The number of pyridine rings is 1. The van der Waals surface area contributed by atoms with Gasteiger partial charge in [-0.05, 0) is 25.0 Å². The number of nitriles is 1. The van der Waals surface area contributed by atoms with E-state index in [9.17, 15) is 18.4 Å². The predicted molar refractivity (Wildman–Crippen MR) is 92.4 cm³/mol. The zero-order chi connectivity index (χ0) is 19.0. The molecule has 2 aromatic heterocycles. The highest BCUT2D eigenvalue weighted by Crippen LogP contribution is 2.40. The molecule has 2 fully saturated rings. The van der Waals surface area contributed by atoms with Gasteiger partial charge in [0.05, 0.1) is 5.56 Å². The number of hydrogen-bond acceptors (Lipinski definition) is 6. The second-order valence-corrected chi connectivity index (χ2v) is 6.70. The zero-order valence-corrected chi connectivity index (χ0v) is 14.4. The molecule has 0 N–H and O–H groups in total. The van der Waals surface area contributed by atoms with Gasteiger partial charge in [0.25, 0.3) is 0 Å². The van der Waals surface area contributed by atoms with Gasteiger partial charge >= 0.3 is 6.18 Å². The van der Waals surface area contributed by atoms with Crippen molar-refractivity contribution in [3.8, 4) is 6.07 Å². The molecule has 1 saturated heterocycles. The fraction of sp³-hybridized carbons (Fsp3) is 0.444. The van der Waals surface area contributed by atoms with Gasteiger partial charge in [0.1, 0.15) is 29.2 Å². The number of aromatic nitrogens is 3. The van der Waals surface area contributed by atoms with E-state index in [-0.39, 0.29) is 5.92 Å². The van der Waals surface area contributed by atoms with Gasteiger partial charge in [0.2, 0.25) is 0 Å². The van der Waals surface area contributed by atoms with Crippen LogP contribution in [0.3, 0.4) is 0 Å². The van der Waals surface area contributed by atoms with Crippen molar-refractivity contribution in [3.05, 3.63) is 41.5 Å². The molecule has 0 atom stereocenters. The lowest BCUT2D eigenvalue weighted by Crippen LogP contribution is -2.47. The molecule has 140 valence electrons. The van der Waals surface area contributed by atoms with Crippen molar-refractivity contribution in [2.75, 3.05) is 36.0 Å². The Balaban J connectivity index is 1.54. The lowest BCUT2D eigenvalue weighted by atomic mass is 10.2. The van der Waals surface area contributed by atoms with E-state index in [1.807, 2.05) is 9.80 Å². The number of hydrogen-bond donors (Lipinski definition) is 0. The van der Waals surface area contributed by atoms with Crippen LogP contribution in [-0.4, -0.2) is 41.1 Å². The van der Waals surface area contributed by atoms with Crippen LogP contribution in [-0.2, 0) is 6.18 Å². The van der Waals surface area contributed by atoms with Crippen LogP contribution < -0.4 is 9.80 Å². The first kappa shape index (κ1) is 17.5. The molecule has 0 unspecified atom stereocenters. The van der Waals surface area contributed by atoms with Gasteiger partial charge in [-0.15, -0.1) is 0 Å². The summed E-state index contributed by atoms with van der Waals surface area (Å²) in [6, 6.07) is 6.56. The van der Waals surface area contributed by atoms with Crippen LogP contribution in [0.1, 0.15) is 35.8 Å². The number of rotatable bonds is 3. The Morgan fingerprint density at radius 3 is 2.41 bits per heavy atom. The van der Waals surface area contributed by atoms with E-state index in [1.54, 1.807) is 18.3 Å². The Morgan fingerprint density at radius 1 is 1.07 bits per heavy atom. The second-order valence-electron chi connectivity index (χ2n) is 6.70. The smallest absolute Gasteiger partial charge is 0.353 e. The Bertz CT molecular complexity index is 879. The van der Waals surface area contributed by atoms with E-state index in [1.165, 1.54) is 0 Å². The van der Waals surface area contributed by atoms with Gasteiger partial charge in [-0.3, -0.25) is 0 Å². The Morgan fingerprint density at radius 2 is 1.78 bits per heavy atom. The largest absolute Gasteiger partial charge is 0.433 e. The minimum Gasteiger partial charge on any atom is -0.353 e. The number of piperazine rings is 1. The molecule has 1 aliphatic carbocycles. The van der Waals surface area contributed by atoms with Crippen LogP contribution >= 0.6 is 0 Å². The fourth-order valence-electron chi connectivity index (χ4n) is 3.17. The van der Waals surface area contributed by atoms with Crippen molar-refractivity contribution < 1.29 is 13.2 Å². The Labute approximate surface area is 154 Å². The van der Waals surface area contributed by atoms with Crippen molar-refractivity contribution in [2.45, 2.75) is 24.9 Å². The first-order valence-electron chi connectivity index (χ1n) is 8.77. The van der Waals surface area contributed by atoms with Crippen molar-refractivity contribution in [3.63, 3.8) is 0 Å². The summed E-state index contributed by atoms with van der Waals surface area (Å²) in [7, 11) is 0. The number of halogens is 3. The van der Waals surface area contributed by atoms with Crippen molar-refractivity contribution in [1.82, 2.24) is 15.0 Å². The Hall–Kier alpha value is -2.89. The molecular formula is C18H17F3N6. The summed E-state index contributed by atoms with van der Waals surface area (Å²) in [5.41, 5.74) is -0.392. The Kier molecular flexibility index (Phi) is 4.34. The molecule has 1 aliphatic heterocycles. The summed E-state index contributed by atoms with van der Waals surface area (Å²) in [6.45, 7) is 2.10. The monoisotopic (exact) mass is 374 g/mol. The molecule has 2 aromatic rings. The lowest BCUT2D eigenvalue weighted by molar-refractivity contribution is -0.141. The quantitative estimate of drug-likeness (QED) is 0.823. The summed E-state index contributed by atoms with van der Waals surface area (Å²) in [5, 5.41) is 9.22. The van der Waals surface area contributed by atoms with E-state index in [4.69, 9.17) is 0 Å². The highest BCUT2D eigenvalue weighted by atomic mass is 19.4. The maximum atomic E-state index is 13.2. The van der Waals surface area contributed by atoms with Gasteiger partial charge in [-0.25, -0.2) is 15.0 Å². The van der Waals surface area contributed by atoms with Crippen LogP contribution in [0.25, 0.3) is 0 Å². The normalized spacial score (nSPS) is 17.7. The van der Waals surface area contributed by atoms with Gasteiger partial charge in [0.15, 0.2) is 0 Å². The summed E-state index contributed by atoms with van der Waals surface area (Å²) < 4.78 is 39.6. The maximum Gasteiger partial charge on any atom is 0.433 e. The van der Waals surface area contributed by atoms with Crippen molar-refractivity contribution >= 4 is 11.6 Å². The molecule has 9 heteroatoms. The van der Waals surface area contributed by atoms with Gasteiger partial charge in [0, 0.05) is 44.4 Å². The standard InChI is InChI=1S/C18H17F3N6/c19-18(20,21)14-10-15(25-16(24-14)12-3-4-12)26-6-8-27(9-7-26)17-13(11-22)2-1-5-23-17/h1-2,5,10,12H,3-4,6-9H2. The minimum absolute atomic E-state index is 0.0408. The van der Waals surface area contributed by atoms with Gasteiger partial charge in [-0.1, -0.05) is 0 Å². The molecule has 4 rings (SSSR count). The van der Waals surface area contributed by atoms with Crippen LogP contribution in [0.2, 0.25) is 0 Å². The third-order valence-corrected chi connectivity index (χ3v) is 4.77. The highest BCUT2D eigenvalue weighted by Gasteiger charge is 2.37. The summed E-state index contributed by atoms with van der Waals surface area (Å²) in [6.07, 6.45) is -1.18. The minimum atomic E-state index is -4.49. The van der Waals surface area contributed by atoms with Crippen LogP contribution in [0.5, 0.6) is 0 Å². The van der Waals surface area contributed by atoms with E-state index in [2.05, 4.69) is 21.0 Å². The SMILES string of the molecule is N#Cc1cccnc1N1CCN(c2cc(C(F)(F)F)nc(C3CC3)n2)CC1. The second kappa shape index (κ2) is 6.68. The van der Waals surface area contributed by atoms with E-state index < -0.39 is 11.9 Å². The van der Waals surface area contributed by atoms with Crippen molar-refractivity contribution in [2.24, 2.45) is 0 Å². The third kappa shape index (κ3) is 3.65. The molecule has 27 heavy (non-hydrogen) atoms. The highest BCUT2D eigenvalue weighted by molar-refractivity contribution is 5.55. The van der Waals surface area contributed by atoms with Crippen LogP contribution in [0.4, 0.5) is 24.8 Å². The molecule has 0 bridgehead atoms. The van der Waals surface area contributed by atoms with Crippen LogP contribution in [0.15, 0.2) is 24.4 Å². The molecule has 0 spiro atoms. The molecule has 3 heterocycles. The van der Waals surface area contributed by atoms with Gasteiger partial charge in [-0.2, -0.15) is 18.4 Å². The van der Waals surface area contributed by atoms with E-state index >= 15 is 0 Å².